The molecular formula is C23H30N4O4. The number of hydrogen-bond donors (Lipinski definition) is 2. The Labute approximate surface area is 183 Å². The Morgan fingerprint density at radius 3 is 1.68 bits per heavy atom. The number of nitrogens with zero attached hydrogens (tertiary/aromatic N) is 2. The molecule has 2 N–H and O–H groups in total. The summed E-state index contributed by atoms with van der Waals surface area (Å²) in [6.45, 7) is 5.28. The number of anilines is 2. The van der Waals surface area contributed by atoms with E-state index in [2.05, 4.69) is 10.6 Å². The number of carbonyl (C=O) groups excluding carboxylic acids is 3. The van der Waals surface area contributed by atoms with E-state index in [4.69, 9.17) is 4.74 Å². The van der Waals surface area contributed by atoms with Crippen molar-refractivity contribution in [2.45, 2.75) is 13.8 Å². The molecule has 2 aromatic carbocycles. The van der Waals surface area contributed by atoms with Gasteiger partial charge < -0.3 is 20.3 Å². The number of amides is 3. The van der Waals surface area contributed by atoms with E-state index >= 15 is 0 Å². The van der Waals surface area contributed by atoms with Gasteiger partial charge >= 0.3 is 0 Å². The molecule has 0 aliphatic heterocycles. The van der Waals surface area contributed by atoms with Gasteiger partial charge in [-0.1, -0.05) is 0 Å². The van der Waals surface area contributed by atoms with E-state index in [9.17, 15) is 14.4 Å². The normalized spacial score (nSPS) is 10.5. The van der Waals surface area contributed by atoms with Crippen molar-refractivity contribution >= 4 is 29.1 Å². The molecule has 0 saturated carbocycles. The first-order valence-corrected chi connectivity index (χ1v) is 10.2. The van der Waals surface area contributed by atoms with Crippen molar-refractivity contribution < 1.29 is 19.1 Å². The van der Waals surface area contributed by atoms with Crippen molar-refractivity contribution in [2.75, 3.05) is 51.0 Å². The Hall–Kier alpha value is -3.39. The second-order valence-corrected chi connectivity index (χ2v) is 7.05. The summed E-state index contributed by atoms with van der Waals surface area (Å²) in [5, 5.41) is 5.56. The van der Waals surface area contributed by atoms with Gasteiger partial charge in [-0.3, -0.25) is 19.3 Å². The number of methoxy groups -OCH3 is 1. The van der Waals surface area contributed by atoms with Gasteiger partial charge in [0.05, 0.1) is 20.2 Å². The second kappa shape index (κ2) is 11.7. The highest BCUT2D eigenvalue weighted by Gasteiger charge is 2.14. The molecule has 0 aromatic heterocycles. The lowest BCUT2D eigenvalue weighted by Crippen LogP contribution is -2.36. The molecule has 31 heavy (non-hydrogen) atoms. The fourth-order valence-corrected chi connectivity index (χ4v) is 3.01. The number of likely N-dealkylation sites (N-methyl/N-ethyl adjacent to an activating group) is 1. The summed E-state index contributed by atoms with van der Waals surface area (Å²) in [5.74, 6) is 0.199. The largest absolute Gasteiger partial charge is 0.497 e. The maximum atomic E-state index is 12.3. The molecule has 0 bridgehead atoms. The molecule has 0 spiro atoms. The average Bonchev–Trinajstić information content (AvgIpc) is 2.75. The fourth-order valence-electron chi connectivity index (χ4n) is 3.01. The van der Waals surface area contributed by atoms with Crippen LogP contribution in [0.5, 0.6) is 5.75 Å². The predicted molar refractivity (Wildman–Crippen MR) is 121 cm³/mol. The summed E-state index contributed by atoms with van der Waals surface area (Å²) in [4.78, 5) is 40.1. The highest BCUT2D eigenvalue weighted by molar-refractivity contribution is 5.96. The van der Waals surface area contributed by atoms with Crippen molar-refractivity contribution in [1.82, 2.24) is 9.80 Å². The van der Waals surface area contributed by atoms with Crippen LogP contribution in [-0.2, 0) is 9.59 Å². The third-order valence-electron chi connectivity index (χ3n) is 4.67. The Morgan fingerprint density at radius 1 is 0.806 bits per heavy atom. The topological polar surface area (TPSA) is 91.0 Å². The Morgan fingerprint density at radius 2 is 1.26 bits per heavy atom. The van der Waals surface area contributed by atoms with Crippen molar-refractivity contribution in [3.8, 4) is 5.75 Å². The number of hydrogen-bond acceptors (Lipinski definition) is 5. The van der Waals surface area contributed by atoms with E-state index in [1.807, 2.05) is 13.8 Å². The molecule has 2 aromatic rings. The van der Waals surface area contributed by atoms with Gasteiger partial charge in [0.15, 0.2) is 0 Å². The first-order chi connectivity index (χ1) is 14.9. The molecular weight excluding hydrogens is 396 g/mol. The molecule has 3 amide bonds. The van der Waals surface area contributed by atoms with Gasteiger partial charge in [-0.25, -0.2) is 0 Å². The molecule has 0 fully saturated rings. The van der Waals surface area contributed by atoms with Gasteiger partial charge in [-0.05, 0) is 69.4 Å². The molecule has 0 radical (unpaired) electrons. The van der Waals surface area contributed by atoms with Crippen LogP contribution in [0.2, 0.25) is 0 Å². The maximum Gasteiger partial charge on any atom is 0.253 e. The second-order valence-electron chi connectivity index (χ2n) is 7.05. The Bertz CT molecular complexity index is 877. The summed E-state index contributed by atoms with van der Waals surface area (Å²) in [6, 6.07) is 13.8. The average molecular weight is 427 g/mol. The van der Waals surface area contributed by atoms with Crippen LogP contribution in [0.4, 0.5) is 11.4 Å². The first kappa shape index (κ1) is 23.9. The molecule has 166 valence electrons. The third kappa shape index (κ3) is 7.42. The van der Waals surface area contributed by atoms with Crippen LogP contribution >= 0.6 is 0 Å². The van der Waals surface area contributed by atoms with Crippen LogP contribution in [-0.4, -0.2) is 67.9 Å². The Kier molecular flexibility index (Phi) is 9.02. The zero-order chi connectivity index (χ0) is 22.8. The van der Waals surface area contributed by atoms with E-state index in [1.54, 1.807) is 72.5 Å². The van der Waals surface area contributed by atoms with E-state index in [-0.39, 0.29) is 30.8 Å². The number of ether oxygens (including phenoxy) is 1. The lowest BCUT2D eigenvalue weighted by atomic mass is 10.1. The van der Waals surface area contributed by atoms with Crippen molar-refractivity contribution in [1.29, 1.82) is 0 Å². The summed E-state index contributed by atoms with van der Waals surface area (Å²) in [7, 11) is 3.27. The van der Waals surface area contributed by atoms with Crippen LogP contribution in [0.1, 0.15) is 24.2 Å². The molecule has 2 rings (SSSR count). The van der Waals surface area contributed by atoms with Crippen molar-refractivity contribution in [3.05, 3.63) is 54.1 Å². The van der Waals surface area contributed by atoms with Crippen LogP contribution in [0.3, 0.4) is 0 Å². The van der Waals surface area contributed by atoms with E-state index in [1.165, 1.54) is 0 Å². The Balaban J connectivity index is 1.81. The van der Waals surface area contributed by atoms with Gasteiger partial charge in [0.25, 0.3) is 5.91 Å². The van der Waals surface area contributed by atoms with Gasteiger partial charge in [0.2, 0.25) is 11.8 Å². The van der Waals surface area contributed by atoms with Crippen LogP contribution < -0.4 is 15.4 Å². The van der Waals surface area contributed by atoms with Gasteiger partial charge in [-0.15, -0.1) is 0 Å². The third-order valence-corrected chi connectivity index (χ3v) is 4.67. The quantitative estimate of drug-likeness (QED) is 0.610. The minimum Gasteiger partial charge on any atom is -0.497 e. The predicted octanol–water partition coefficient (Wildman–Crippen LogP) is 2.69. The molecule has 0 saturated heterocycles. The summed E-state index contributed by atoms with van der Waals surface area (Å²) >= 11 is 0. The molecule has 0 aliphatic carbocycles. The van der Waals surface area contributed by atoms with Crippen molar-refractivity contribution in [3.63, 3.8) is 0 Å². The lowest BCUT2D eigenvalue weighted by molar-refractivity contribution is -0.119. The molecule has 0 unspecified atom stereocenters. The highest BCUT2D eigenvalue weighted by atomic mass is 16.5. The minimum atomic E-state index is -0.248. The monoisotopic (exact) mass is 426 g/mol. The van der Waals surface area contributed by atoms with Crippen LogP contribution in [0.25, 0.3) is 0 Å². The number of rotatable bonds is 10. The zero-order valence-corrected chi connectivity index (χ0v) is 18.5. The number of carbonyl (C=O) groups is 3. The smallest absolute Gasteiger partial charge is 0.253 e. The summed E-state index contributed by atoms with van der Waals surface area (Å²) in [6.07, 6.45) is 0. The zero-order valence-electron chi connectivity index (χ0n) is 18.5. The number of nitrogens with one attached hydrogen (secondary N) is 2. The standard InChI is InChI=1S/C23H30N4O4/c1-5-27(6-2)23(30)17-7-9-18(10-8-17)24-21(28)15-26(3)16-22(29)25-19-11-13-20(31-4)14-12-19/h7-14H,5-6,15-16H2,1-4H3,(H,24,28)(H,25,29). The van der Waals surface area contributed by atoms with E-state index < -0.39 is 0 Å². The van der Waals surface area contributed by atoms with E-state index in [0.29, 0.717) is 35.8 Å². The summed E-state index contributed by atoms with van der Waals surface area (Å²) in [5.41, 5.74) is 1.83. The van der Waals surface area contributed by atoms with Gasteiger partial charge in [0, 0.05) is 30.0 Å². The van der Waals surface area contributed by atoms with Gasteiger partial charge in [-0.2, -0.15) is 0 Å². The molecule has 8 nitrogen and oxygen atoms in total. The SMILES string of the molecule is CCN(CC)C(=O)c1ccc(NC(=O)CN(C)CC(=O)Nc2ccc(OC)cc2)cc1. The maximum absolute atomic E-state index is 12.3. The van der Waals surface area contributed by atoms with Crippen molar-refractivity contribution in [2.24, 2.45) is 0 Å². The fraction of sp³-hybridized carbons (Fsp3) is 0.348. The molecule has 0 aliphatic rings. The van der Waals surface area contributed by atoms with Gasteiger partial charge in [0.1, 0.15) is 5.75 Å². The highest BCUT2D eigenvalue weighted by Crippen LogP contribution is 2.15. The molecule has 0 atom stereocenters. The summed E-state index contributed by atoms with van der Waals surface area (Å²) < 4.78 is 5.09. The van der Waals surface area contributed by atoms with Crippen LogP contribution in [0.15, 0.2) is 48.5 Å². The van der Waals surface area contributed by atoms with E-state index in [0.717, 1.165) is 0 Å². The molecule has 8 heteroatoms. The minimum absolute atomic E-state index is 0.0366. The molecule has 0 heterocycles. The van der Waals surface area contributed by atoms with Crippen LogP contribution in [0, 0.1) is 0 Å². The lowest BCUT2D eigenvalue weighted by Gasteiger charge is -2.19. The first-order valence-electron chi connectivity index (χ1n) is 10.2. The number of benzene rings is 2.